The van der Waals surface area contributed by atoms with Crippen molar-refractivity contribution in [3.63, 3.8) is 0 Å². The van der Waals surface area contributed by atoms with Crippen molar-refractivity contribution in [3.8, 4) is 0 Å². The van der Waals surface area contributed by atoms with E-state index in [1.165, 1.54) is 17.4 Å². The summed E-state index contributed by atoms with van der Waals surface area (Å²) in [4.78, 5) is 0.241. The number of hydrogen-bond donors (Lipinski definition) is 1. The second-order valence-corrected chi connectivity index (χ2v) is 5.98. The highest BCUT2D eigenvalue weighted by Gasteiger charge is 2.20. The van der Waals surface area contributed by atoms with Gasteiger partial charge in [0, 0.05) is 25.2 Å². The molecule has 0 aliphatic heterocycles. The molecular weight excluding hydrogens is 248 g/mol. The number of halogens is 1. The molecule has 2 N–H and O–H groups in total. The Bertz CT molecular complexity index is 474. The van der Waals surface area contributed by atoms with Crippen LogP contribution in [0, 0.1) is 6.92 Å². The van der Waals surface area contributed by atoms with Gasteiger partial charge >= 0.3 is 0 Å². The van der Waals surface area contributed by atoms with Crippen molar-refractivity contribution < 1.29 is 8.42 Å². The maximum atomic E-state index is 12.0. The minimum Gasteiger partial charge on any atom is -0.329 e. The highest BCUT2D eigenvalue weighted by atomic mass is 35.5. The van der Waals surface area contributed by atoms with Crippen LogP contribution in [0.3, 0.4) is 0 Å². The number of hydrogen-bond acceptors (Lipinski definition) is 3. The topological polar surface area (TPSA) is 63.4 Å². The quantitative estimate of drug-likeness (QED) is 0.888. The van der Waals surface area contributed by atoms with E-state index in [0.29, 0.717) is 18.1 Å². The predicted molar refractivity (Wildman–Crippen MR) is 65.1 cm³/mol. The maximum Gasteiger partial charge on any atom is 0.242 e. The average Bonchev–Trinajstić information content (AvgIpc) is 2.22. The summed E-state index contributed by atoms with van der Waals surface area (Å²) in [5, 5.41) is 0.556. The highest BCUT2D eigenvalue weighted by Crippen LogP contribution is 2.21. The highest BCUT2D eigenvalue weighted by molar-refractivity contribution is 7.89. The number of nitrogens with two attached hydrogens (primary N) is 1. The van der Waals surface area contributed by atoms with E-state index in [9.17, 15) is 8.42 Å². The van der Waals surface area contributed by atoms with Gasteiger partial charge in [-0.05, 0) is 30.7 Å². The molecule has 1 rings (SSSR count). The summed E-state index contributed by atoms with van der Waals surface area (Å²) in [6, 6.07) is 4.64. The third-order valence-corrected chi connectivity index (χ3v) is 4.56. The summed E-state index contributed by atoms with van der Waals surface area (Å²) in [5.41, 5.74) is 6.07. The number of benzene rings is 1. The lowest BCUT2D eigenvalue weighted by Gasteiger charge is -2.16. The molecule has 0 saturated carbocycles. The minimum atomic E-state index is -3.45. The Morgan fingerprint density at radius 1 is 1.44 bits per heavy atom. The lowest BCUT2D eigenvalue weighted by atomic mass is 10.2. The first-order valence-electron chi connectivity index (χ1n) is 4.82. The zero-order valence-corrected chi connectivity index (χ0v) is 10.8. The molecule has 0 amide bonds. The average molecular weight is 263 g/mol. The molecule has 0 aliphatic carbocycles. The van der Waals surface area contributed by atoms with Crippen molar-refractivity contribution in [1.82, 2.24) is 4.31 Å². The SMILES string of the molecule is Cc1cc(S(=O)(=O)N(C)CCN)ccc1Cl. The maximum absolute atomic E-state index is 12.0. The van der Waals surface area contributed by atoms with Gasteiger partial charge in [-0.2, -0.15) is 4.31 Å². The zero-order valence-electron chi connectivity index (χ0n) is 9.27. The normalized spacial score (nSPS) is 12.1. The van der Waals surface area contributed by atoms with Gasteiger partial charge in [0.15, 0.2) is 0 Å². The Morgan fingerprint density at radius 3 is 2.56 bits per heavy atom. The fourth-order valence-corrected chi connectivity index (χ4v) is 2.65. The van der Waals surface area contributed by atoms with Crippen molar-refractivity contribution in [1.29, 1.82) is 0 Å². The molecule has 0 saturated heterocycles. The van der Waals surface area contributed by atoms with Crippen LogP contribution >= 0.6 is 11.6 Å². The van der Waals surface area contributed by atoms with Gasteiger partial charge in [0.2, 0.25) is 10.0 Å². The van der Waals surface area contributed by atoms with Crippen molar-refractivity contribution in [2.24, 2.45) is 5.73 Å². The molecule has 0 atom stereocenters. The number of sulfonamides is 1. The first kappa shape index (κ1) is 13.4. The third-order valence-electron chi connectivity index (χ3n) is 2.28. The molecule has 16 heavy (non-hydrogen) atoms. The zero-order chi connectivity index (χ0) is 12.3. The first-order valence-corrected chi connectivity index (χ1v) is 6.64. The molecule has 0 unspecified atom stereocenters. The Morgan fingerprint density at radius 2 is 2.06 bits per heavy atom. The van der Waals surface area contributed by atoms with Crippen LogP contribution in [0.25, 0.3) is 0 Å². The van der Waals surface area contributed by atoms with E-state index < -0.39 is 10.0 Å². The molecule has 0 aliphatic rings. The van der Waals surface area contributed by atoms with Gasteiger partial charge in [-0.1, -0.05) is 11.6 Å². The molecule has 0 bridgehead atoms. The lowest BCUT2D eigenvalue weighted by Crippen LogP contribution is -2.31. The molecule has 1 aromatic rings. The van der Waals surface area contributed by atoms with Crippen LogP contribution in [-0.4, -0.2) is 32.9 Å². The molecule has 1 aromatic carbocycles. The van der Waals surface area contributed by atoms with Crippen molar-refractivity contribution in [2.75, 3.05) is 20.1 Å². The Labute approximate surface area is 101 Å². The summed E-state index contributed by atoms with van der Waals surface area (Å²) in [7, 11) is -1.94. The molecule has 0 spiro atoms. The summed E-state index contributed by atoms with van der Waals surface area (Å²) in [6.07, 6.45) is 0. The van der Waals surface area contributed by atoms with Gasteiger partial charge in [0.25, 0.3) is 0 Å². The Balaban J connectivity index is 3.12. The van der Waals surface area contributed by atoms with E-state index in [0.717, 1.165) is 5.56 Å². The van der Waals surface area contributed by atoms with Gasteiger partial charge in [-0.25, -0.2) is 8.42 Å². The first-order chi connectivity index (χ1) is 7.39. The third kappa shape index (κ3) is 2.74. The van der Waals surface area contributed by atoms with Gasteiger partial charge < -0.3 is 5.73 Å². The number of rotatable bonds is 4. The fourth-order valence-electron chi connectivity index (χ4n) is 1.26. The second-order valence-electron chi connectivity index (χ2n) is 3.53. The molecule has 0 aromatic heterocycles. The largest absolute Gasteiger partial charge is 0.329 e. The van der Waals surface area contributed by atoms with Crippen molar-refractivity contribution in [3.05, 3.63) is 28.8 Å². The molecular formula is C10H15ClN2O2S. The molecule has 0 radical (unpaired) electrons. The number of nitrogens with zero attached hydrogens (tertiary/aromatic N) is 1. The van der Waals surface area contributed by atoms with Gasteiger partial charge in [0.05, 0.1) is 4.90 Å². The minimum absolute atomic E-state index is 0.241. The second kappa shape index (κ2) is 5.14. The van der Waals surface area contributed by atoms with Crippen molar-refractivity contribution >= 4 is 21.6 Å². The van der Waals surface area contributed by atoms with Crippen LogP contribution in [0.1, 0.15) is 5.56 Å². The van der Waals surface area contributed by atoms with E-state index in [1.54, 1.807) is 19.1 Å². The van der Waals surface area contributed by atoms with Crippen LogP contribution in [0.2, 0.25) is 5.02 Å². The molecule has 4 nitrogen and oxygen atoms in total. The Hall–Kier alpha value is -0.620. The summed E-state index contributed by atoms with van der Waals surface area (Å²) >= 11 is 5.84. The molecule has 90 valence electrons. The summed E-state index contributed by atoms with van der Waals surface area (Å²) in [6.45, 7) is 2.36. The van der Waals surface area contributed by atoms with Crippen molar-refractivity contribution in [2.45, 2.75) is 11.8 Å². The van der Waals surface area contributed by atoms with E-state index in [4.69, 9.17) is 17.3 Å². The smallest absolute Gasteiger partial charge is 0.242 e. The Kier molecular flexibility index (Phi) is 4.32. The molecule has 0 heterocycles. The molecule has 6 heteroatoms. The van der Waals surface area contributed by atoms with Crippen LogP contribution in [0.5, 0.6) is 0 Å². The van der Waals surface area contributed by atoms with Crippen LogP contribution in [-0.2, 0) is 10.0 Å². The van der Waals surface area contributed by atoms with Gasteiger partial charge in [-0.3, -0.25) is 0 Å². The van der Waals surface area contributed by atoms with Gasteiger partial charge in [-0.15, -0.1) is 0 Å². The van der Waals surface area contributed by atoms with Crippen LogP contribution in [0.15, 0.2) is 23.1 Å². The predicted octanol–water partition coefficient (Wildman–Crippen LogP) is 1.23. The van der Waals surface area contributed by atoms with E-state index >= 15 is 0 Å². The number of aryl methyl sites for hydroxylation is 1. The van der Waals surface area contributed by atoms with E-state index in [1.807, 2.05) is 0 Å². The lowest BCUT2D eigenvalue weighted by molar-refractivity contribution is 0.476. The van der Waals surface area contributed by atoms with E-state index in [-0.39, 0.29) is 4.90 Å². The monoisotopic (exact) mass is 262 g/mol. The summed E-state index contributed by atoms with van der Waals surface area (Å²) < 4.78 is 25.3. The van der Waals surface area contributed by atoms with E-state index in [2.05, 4.69) is 0 Å². The summed E-state index contributed by atoms with van der Waals surface area (Å²) in [5.74, 6) is 0. The van der Waals surface area contributed by atoms with Crippen LogP contribution < -0.4 is 5.73 Å². The van der Waals surface area contributed by atoms with Crippen LogP contribution in [0.4, 0.5) is 0 Å². The van der Waals surface area contributed by atoms with Gasteiger partial charge in [0.1, 0.15) is 0 Å². The molecule has 0 fully saturated rings. The number of likely N-dealkylation sites (N-methyl/N-ethyl adjacent to an activating group) is 1. The fraction of sp³-hybridized carbons (Fsp3) is 0.400. The standard InChI is InChI=1S/C10H15ClN2O2S/c1-8-7-9(3-4-10(8)11)16(14,15)13(2)6-5-12/h3-4,7H,5-6,12H2,1-2H3.